The highest BCUT2D eigenvalue weighted by atomic mass is 79.9. The standard InChI is InChI=1S/C16H13BrN2O/c1-11-2-5-13(17)10-15(11)16(20)19-14-6-3-12(4-7-14)8-9-18/h2-7,10H,8H2,1H3,(H,19,20). The van der Waals surface area contributed by atoms with E-state index in [0.717, 1.165) is 21.3 Å². The van der Waals surface area contributed by atoms with Crippen molar-refractivity contribution in [2.45, 2.75) is 13.3 Å². The highest BCUT2D eigenvalue weighted by molar-refractivity contribution is 9.10. The lowest BCUT2D eigenvalue weighted by Crippen LogP contribution is -2.13. The van der Waals surface area contributed by atoms with Crippen molar-refractivity contribution in [1.82, 2.24) is 0 Å². The molecule has 0 unspecified atom stereocenters. The number of benzene rings is 2. The summed E-state index contributed by atoms with van der Waals surface area (Å²) in [5.41, 5.74) is 3.22. The van der Waals surface area contributed by atoms with Gasteiger partial charge in [0.1, 0.15) is 0 Å². The van der Waals surface area contributed by atoms with Crippen molar-refractivity contribution in [3.05, 3.63) is 63.6 Å². The fourth-order valence-electron chi connectivity index (χ4n) is 1.83. The molecule has 3 nitrogen and oxygen atoms in total. The van der Waals surface area contributed by atoms with Gasteiger partial charge in [0.2, 0.25) is 0 Å². The molecule has 0 saturated carbocycles. The molecule has 4 heteroatoms. The number of nitrogens with zero attached hydrogens (tertiary/aromatic N) is 1. The molecule has 2 aromatic rings. The van der Waals surface area contributed by atoms with Gasteiger partial charge in [0, 0.05) is 15.7 Å². The van der Waals surface area contributed by atoms with Gasteiger partial charge in [0.25, 0.3) is 5.91 Å². The van der Waals surface area contributed by atoms with E-state index in [-0.39, 0.29) is 5.91 Å². The second-order valence-electron chi connectivity index (χ2n) is 4.45. The van der Waals surface area contributed by atoms with Crippen LogP contribution in [0, 0.1) is 18.3 Å². The van der Waals surface area contributed by atoms with Crippen molar-refractivity contribution in [3.8, 4) is 6.07 Å². The third-order valence-electron chi connectivity index (χ3n) is 2.94. The Morgan fingerprint density at radius 2 is 1.95 bits per heavy atom. The van der Waals surface area contributed by atoms with E-state index in [1.165, 1.54) is 0 Å². The normalized spacial score (nSPS) is 9.85. The number of anilines is 1. The Kier molecular flexibility index (Phi) is 4.54. The highest BCUT2D eigenvalue weighted by Gasteiger charge is 2.09. The number of halogens is 1. The van der Waals surface area contributed by atoms with E-state index in [1.807, 2.05) is 31.2 Å². The summed E-state index contributed by atoms with van der Waals surface area (Å²) >= 11 is 3.37. The van der Waals surface area contributed by atoms with Crippen LogP contribution in [0.5, 0.6) is 0 Å². The fourth-order valence-corrected chi connectivity index (χ4v) is 2.20. The van der Waals surface area contributed by atoms with Crippen LogP contribution >= 0.6 is 15.9 Å². The largest absolute Gasteiger partial charge is 0.322 e. The molecule has 0 bridgehead atoms. The van der Waals surface area contributed by atoms with Crippen LogP contribution < -0.4 is 5.32 Å². The molecule has 0 saturated heterocycles. The van der Waals surface area contributed by atoms with E-state index >= 15 is 0 Å². The molecule has 1 N–H and O–H groups in total. The quantitative estimate of drug-likeness (QED) is 0.923. The summed E-state index contributed by atoms with van der Waals surface area (Å²) < 4.78 is 0.873. The average Bonchev–Trinajstić information content (AvgIpc) is 2.44. The van der Waals surface area contributed by atoms with Crippen LogP contribution in [0.1, 0.15) is 21.5 Å². The van der Waals surface area contributed by atoms with Crippen molar-refractivity contribution in [1.29, 1.82) is 5.26 Å². The van der Waals surface area contributed by atoms with Crippen molar-refractivity contribution in [2.75, 3.05) is 5.32 Å². The molecule has 0 heterocycles. The Hall–Kier alpha value is -2.12. The first-order valence-electron chi connectivity index (χ1n) is 6.13. The van der Waals surface area contributed by atoms with Crippen LogP contribution in [0.15, 0.2) is 46.9 Å². The third kappa shape index (κ3) is 3.46. The predicted molar refractivity (Wildman–Crippen MR) is 82.6 cm³/mol. The Labute approximate surface area is 126 Å². The number of hydrogen-bond donors (Lipinski definition) is 1. The van der Waals surface area contributed by atoms with Crippen LogP contribution in [-0.4, -0.2) is 5.91 Å². The van der Waals surface area contributed by atoms with Gasteiger partial charge < -0.3 is 5.32 Å². The van der Waals surface area contributed by atoms with Crippen molar-refractivity contribution < 1.29 is 4.79 Å². The van der Waals surface area contributed by atoms with Crippen molar-refractivity contribution >= 4 is 27.5 Å². The molecule has 0 spiro atoms. The van der Waals surface area contributed by atoms with E-state index in [2.05, 4.69) is 27.3 Å². The summed E-state index contributed by atoms with van der Waals surface area (Å²) in [5, 5.41) is 11.5. The predicted octanol–water partition coefficient (Wildman–Crippen LogP) is 4.08. The second-order valence-corrected chi connectivity index (χ2v) is 5.36. The number of nitrogens with one attached hydrogen (secondary N) is 1. The number of carbonyl (C=O) groups excluding carboxylic acids is 1. The van der Waals surface area contributed by atoms with Gasteiger partial charge in [-0.15, -0.1) is 0 Å². The average molecular weight is 329 g/mol. The molecule has 2 rings (SSSR count). The molecule has 0 radical (unpaired) electrons. The van der Waals surface area contributed by atoms with E-state index in [9.17, 15) is 4.79 Å². The maximum atomic E-state index is 12.2. The SMILES string of the molecule is Cc1ccc(Br)cc1C(=O)Nc1ccc(CC#N)cc1. The molecule has 100 valence electrons. The molecule has 0 aliphatic rings. The van der Waals surface area contributed by atoms with Crippen molar-refractivity contribution in [3.63, 3.8) is 0 Å². The zero-order valence-electron chi connectivity index (χ0n) is 11.0. The monoisotopic (exact) mass is 328 g/mol. The maximum absolute atomic E-state index is 12.2. The highest BCUT2D eigenvalue weighted by Crippen LogP contribution is 2.18. The fraction of sp³-hybridized carbons (Fsp3) is 0.125. The summed E-state index contributed by atoms with van der Waals surface area (Å²) in [6.45, 7) is 1.90. The first kappa shape index (κ1) is 14.3. The van der Waals surface area contributed by atoms with Gasteiger partial charge in [0.05, 0.1) is 12.5 Å². The molecular weight excluding hydrogens is 316 g/mol. The van der Waals surface area contributed by atoms with Crippen LogP contribution in [0.4, 0.5) is 5.69 Å². The number of aryl methyl sites for hydroxylation is 1. The van der Waals surface area contributed by atoms with Gasteiger partial charge >= 0.3 is 0 Å². The molecular formula is C16H13BrN2O. The topological polar surface area (TPSA) is 52.9 Å². The van der Waals surface area contributed by atoms with Gasteiger partial charge in [-0.3, -0.25) is 4.79 Å². The van der Waals surface area contributed by atoms with Crippen LogP contribution in [-0.2, 0) is 6.42 Å². The number of amides is 1. The molecule has 0 atom stereocenters. The minimum absolute atomic E-state index is 0.142. The maximum Gasteiger partial charge on any atom is 0.255 e. The summed E-state index contributed by atoms with van der Waals surface area (Å²) in [7, 11) is 0. The Morgan fingerprint density at radius 3 is 2.60 bits per heavy atom. The molecule has 0 aliphatic carbocycles. The minimum Gasteiger partial charge on any atom is -0.322 e. The third-order valence-corrected chi connectivity index (χ3v) is 3.43. The van der Waals surface area contributed by atoms with Gasteiger partial charge in [-0.05, 0) is 42.3 Å². The van der Waals surface area contributed by atoms with E-state index < -0.39 is 0 Å². The first-order chi connectivity index (χ1) is 9.60. The van der Waals surface area contributed by atoms with E-state index in [1.54, 1.807) is 18.2 Å². The van der Waals surface area contributed by atoms with Crippen LogP contribution in [0.2, 0.25) is 0 Å². The number of rotatable bonds is 3. The lowest BCUT2D eigenvalue weighted by atomic mass is 10.1. The van der Waals surface area contributed by atoms with Crippen molar-refractivity contribution in [2.24, 2.45) is 0 Å². The van der Waals surface area contributed by atoms with E-state index in [0.29, 0.717) is 12.0 Å². The summed E-state index contributed by atoms with van der Waals surface area (Å²) in [6.07, 6.45) is 0.374. The summed E-state index contributed by atoms with van der Waals surface area (Å²) in [6, 6.07) is 15.0. The molecule has 2 aromatic carbocycles. The number of carbonyl (C=O) groups is 1. The van der Waals surface area contributed by atoms with Gasteiger partial charge in [0.15, 0.2) is 0 Å². The Morgan fingerprint density at radius 1 is 1.25 bits per heavy atom. The Balaban J connectivity index is 2.15. The number of nitriles is 1. The second kappa shape index (κ2) is 6.36. The molecule has 0 aromatic heterocycles. The molecule has 0 fully saturated rings. The first-order valence-corrected chi connectivity index (χ1v) is 6.93. The van der Waals surface area contributed by atoms with Crippen LogP contribution in [0.25, 0.3) is 0 Å². The van der Waals surface area contributed by atoms with E-state index in [4.69, 9.17) is 5.26 Å². The molecule has 0 aliphatic heterocycles. The smallest absolute Gasteiger partial charge is 0.255 e. The summed E-state index contributed by atoms with van der Waals surface area (Å²) in [5.74, 6) is -0.142. The number of hydrogen-bond acceptors (Lipinski definition) is 2. The Bertz CT molecular complexity index is 672. The lowest BCUT2D eigenvalue weighted by Gasteiger charge is -2.08. The summed E-state index contributed by atoms with van der Waals surface area (Å²) in [4.78, 5) is 12.2. The lowest BCUT2D eigenvalue weighted by molar-refractivity contribution is 0.102. The molecule has 1 amide bonds. The van der Waals surface area contributed by atoms with Gasteiger partial charge in [-0.25, -0.2) is 0 Å². The zero-order chi connectivity index (χ0) is 14.5. The van der Waals surface area contributed by atoms with Gasteiger partial charge in [-0.2, -0.15) is 5.26 Å². The van der Waals surface area contributed by atoms with Crippen LogP contribution in [0.3, 0.4) is 0 Å². The molecule has 20 heavy (non-hydrogen) atoms. The zero-order valence-corrected chi connectivity index (χ0v) is 12.6. The van der Waals surface area contributed by atoms with Gasteiger partial charge in [-0.1, -0.05) is 34.1 Å². The minimum atomic E-state index is -0.142.